The Balaban J connectivity index is 1.42. The van der Waals surface area contributed by atoms with Crippen molar-refractivity contribution < 1.29 is 9.53 Å². The quantitative estimate of drug-likeness (QED) is 0.335. The number of amides is 1. The molecule has 0 unspecified atom stereocenters. The van der Waals surface area contributed by atoms with E-state index in [1.165, 1.54) is 0 Å². The van der Waals surface area contributed by atoms with Crippen LogP contribution in [0.15, 0.2) is 82.4 Å². The summed E-state index contributed by atoms with van der Waals surface area (Å²) in [6.07, 6.45) is 0.787. The third kappa shape index (κ3) is 5.66. The van der Waals surface area contributed by atoms with Crippen molar-refractivity contribution >= 4 is 22.5 Å². The van der Waals surface area contributed by atoms with E-state index in [2.05, 4.69) is 34.3 Å². The van der Waals surface area contributed by atoms with Crippen LogP contribution in [0, 0.1) is 0 Å². The molecule has 0 aliphatic heterocycles. The number of anilines is 1. The number of aromatic nitrogens is 2. The van der Waals surface area contributed by atoms with Gasteiger partial charge in [-0.25, -0.2) is 4.79 Å². The molecular formula is C28H30N4O4. The Morgan fingerprint density at radius 3 is 2.47 bits per heavy atom. The molecule has 0 spiro atoms. The zero-order chi connectivity index (χ0) is 25.5. The minimum absolute atomic E-state index is 0.133. The van der Waals surface area contributed by atoms with Crippen molar-refractivity contribution in [3.63, 3.8) is 0 Å². The highest BCUT2D eigenvalue weighted by atomic mass is 16.5. The minimum atomic E-state index is -0.526. The second-order valence-corrected chi connectivity index (χ2v) is 8.45. The van der Waals surface area contributed by atoms with E-state index >= 15 is 0 Å². The average molecular weight is 487 g/mol. The molecule has 0 saturated carbocycles. The molecule has 0 aliphatic carbocycles. The Labute approximate surface area is 209 Å². The first-order valence-electron chi connectivity index (χ1n) is 12.0. The van der Waals surface area contributed by atoms with E-state index in [0.29, 0.717) is 28.8 Å². The fraction of sp³-hybridized carbons (Fsp3) is 0.250. The first kappa shape index (κ1) is 24.8. The highest BCUT2D eigenvalue weighted by Gasteiger charge is 2.12. The fourth-order valence-corrected chi connectivity index (χ4v) is 4.14. The molecule has 0 bridgehead atoms. The highest BCUT2D eigenvalue weighted by Crippen LogP contribution is 2.14. The Kier molecular flexibility index (Phi) is 7.85. The molecule has 2 N–H and O–H groups in total. The number of para-hydroxylation sites is 1. The number of benzene rings is 3. The molecule has 0 radical (unpaired) electrons. The number of carbonyl (C=O) groups excluding carboxylic acids is 1. The highest BCUT2D eigenvalue weighted by molar-refractivity contribution is 5.97. The van der Waals surface area contributed by atoms with Crippen molar-refractivity contribution in [1.82, 2.24) is 14.9 Å². The Morgan fingerprint density at radius 1 is 1.03 bits per heavy atom. The van der Waals surface area contributed by atoms with Crippen LogP contribution in [0.4, 0.5) is 5.69 Å². The van der Waals surface area contributed by atoms with Crippen molar-refractivity contribution in [3.8, 4) is 5.75 Å². The maximum atomic E-state index is 13.0. The number of aromatic amines is 1. The van der Waals surface area contributed by atoms with Gasteiger partial charge in [-0.15, -0.1) is 0 Å². The molecule has 0 atom stereocenters. The van der Waals surface area contributed by atoms with Crippen LogP contribution in [0.5, 0.6) is 5.75 Å². The number of H-pyrrole nitrogens is 1. The van der Waals surface area contributed by atoms with Gasteiger partial charge in [0.2, 0.25) is 0 Å². The van der Waals surface area contributed by atoms with Crippen LogP contribution in [-0.4, -0.2) is 42.2 Å². The van der Waals surface area contributed by atoms with E-state index in [-0.39, 0.29) is 12.5 Å². The van der Waals surface area contributed by atoms with Crippen LogP contribution < -0.4 is 26.2 Å². The van der Waals surface area contributed by atoms with Crippen LogP contribution in [-0.2, 0) is 6.54 Å². The van der Waals surface area contributed by atoms with Gasteiger partial charge in [0.05, 0.1) is 24.6 Å². The summed E-state index contributed by atoms with van der Waals surface area (Å²) in [5.41, 5.74) is 1.75. The minimum Gasteiger partial charge on any atom is -0.497 e. The van der Waals surface area contributed by atoms with Gasteiger partial charge in [-0.3, -0.25) is 14.2 Å². The topological polar surface area (TPSA) is 96.4 Å². The van der Waals surface area contributed by atoms with Crippen molar-refractivity contribution in [2.45, 2.75) is 19.9 Å². The molecule has 0 aliphatic rings. The van der Waals surface area contributed by atoms with E-state index in [1.807, 2.05) is 30.3 Å². The predicted molar refractivity (Wildman–Crippen MR) is 142 cm³/mol. The lowest BCUT2D eigenvalue weighted by atomic mass is 10.1. The molecule has 4 aromatic rings. The normalized spacial score (nSPS) is 10.8. The lowest BCUT2D eigenvalue weighted by Crippen LogP contribution is -2.35. The first-order chi connectivity index (χ1) is 17.5. The number of rotatable bonds is 10. The zero-order valence-corrected chi connectivity index (χ0v) is 20.5. The Bertz CT molecular complexity index is 1440. The number of ether oxygens (including phenoxy) is 1. The molecule has 1 amide bonds. The van der Waals surface area contributed by atoms with Gasteiger partial charge in [-0.1, -0.05) is 30.3 Å². The molecule has 0 saturated heterocycles. The maximum Gasteiger partial charge on any atom is 0.329 e. The summed E-state index contributed by atoms with van der Waals surface area (Å²) in [5.74, 6) is 0.450. The summed E-state index contributed by atoms with van der Waals surface area (Å²) in [6, 6.07) is 22.1. The molecular weight excluding hydrogens is 456 g/mol. The number of nitrogens with one attached hydrogen (secondary N) is 2. The molecule has 1 heterocycles. The number of carbonyl (C=O) groups is 1. The molecule has 1 aromatic heterocycles. The monoisotopic (exact) mass is 486 g/mol. The van der Waals surface area contributed by atoms with E-state index in [9.17, 15) is 14.4 Å². The fourth-order valence-electron chi connectivity index (χ4n) is 4.14. The third-order valence-corrected chi connectivity index (χ3v) is 6.14. The van der Waals surface area contributed by atoms with Gasteiger partial charge in [-0.05, 0) is 61.4 Å². The average Bonchev–Trinajstić information content (AvgIpc) is 2.91. The third-order valence-electron chi connectivity index (χ3n) is 6.14. The van der Waals surface area contributed by atoms with Crippen LogP contribution in [0.2, 0.25) is 0 Å². The standard InChI is InChI=1S/C28H30N4O4/c1-3-31(22-8-5-4-6-9-22)17-7-16-29-26(33)21-12-15-24-25(18-21)30-28(35)32(27(24)34)19-20-10-13-23(36-2)14-11-20/h4-6,8-15,18H,3,7,16-17,19H2,1-2H3,(H,29,33)(H,30,35). The van der Waals surface area contributed by atoms with Gasteiger partial charge >= 0.3 is 5.69 Å². The maximum absolute atomic E-state index is 13.0. The molecule has 4 rings (SSSR count). The predicted octanol–water partition coefficient (Wildman–Crippen LogP) is 3.39. The lowest BCUT2D eigenvalue weighted by molar-refractivity contribution is 0.0953. The number of hydrogen-bond acceptors (Lipinski definition) is 5. The second-order valence-electron chi connectivity index (χ2n) is 8.45. The van der Waals surface area contributed by atoms with Gasteiger partial charge in [-0.2, -0.15) is 0 Å². The largest absolute Gasteiger partial charge is 0.497 e. The second kappa shape index (κ2) is 11.4. The first-order valence-corrected chi connectivity index (χ1v) is 12.0. The van der Waals surface area contributed by atoms with E-state index in [0.717, 1.165) is 35.3 Å². The van der Waals surface area contributed by atoms with Crippen molar-refractivity contribution in [1.29, 1.82) is 0 Å². The number of fused-ring (bicyclic) bond motifs is 1. The Hall–Kier alpha value is -4.33. The molecule has 8 nitrogen and oxygen atoms in total. The van der Waals surface area contributed by atoms with Crippen LogP contribution in [0.1, 0.15) is 29.3 Å². The smallest absolute Gasteiger partial charge is 0.329 e. The Morgan fingerprint density at radius 2 is 1.78 bits per heavy atom. The van der Waals surface area contributed by atoms with Crippen molar-refractivity contribution in [3.05, 3.63) is 105 Å². The van der Waals surface area contributed by atoms with Crippen molar-refractivity contribution in [2.75, 3.05) is 31.6 Å². The molecule has 3 aromatic carbocycles. The van der Waals surface area contributed by atoms with Gasteiger partial charge in [0.15, 0.2) is 0 Å². The van der Waals surface area contributed by atoms with Gasteiger partial charge in [0, 0.05) is 30.9 Å². The SMILES string of the molecule is CCN(CCCNC(=O)c1ccc2c(=O)n(Cc3ccc(OC)cc3)c(=O)[nH]c2c1)c1ccccc1. The lowest BCUT2D eigenvalue weighted by Gasteiger charge is -2.23. The van der Waals surface area contributed by atoms with E-state index < -0.39 is 11.2 Å². The number of hydrogen-bond donors (Lipinski definition) is 2. The van der Waals surface area contributed by atoms with Gasteiger partial charge < -0.3 is 19.9 Å². The van der Waals surface area contributed by atoms with Crippen LogP contribution >= 0.6 is 0 Å². The summed E-state index contributed by atoms with van der Waals surface area (Å²) in [6.45, 7) is 4.45. The molecule has 8 heteroatoms. The van der Waals surface area contributed by atoms with E-state index in [1.54, 1.807) is 37.4 Å². The van der Waals surface area contributed by atoms with Crippen LogP contribution in [0.25, 0.3) is 10.9 Å². The molecule has 186 valence electrons. The van der Waals surface area contributed by atoms with Gasteiger partial charge in [0.25, 0.3) is 11.5 Å². The summed E-state index contributed by atoms with van der Waals surface area (Å²) < 4.78 is 6.30. The zero-order valence-electron chi connectivity index (χ0n) is 20.5. The van der Waals surface area contributed by atoms with E-state index in [4.69, 9.17) is 4.74 Å². The van der Waals surface area contributed by atoms with Crippen molar-refractivity contribution in [2.24, 2.45) is 0 Å². The number of methoxy groups -OCH3 is 1. The summed E-state index contributed by atoms with van der Waals surface area (Å²) in [5, 5.41) is 3.27. The molecule has 36 heavy (non-hydrogen) atoms. The van der Waals surface area contributed by atoms with Gasteiger partial charge in [0.1, 0.15) is 5.75 Å². The summed E-state index contributed by atoms with van der Waals surface area (Å²) in [7, 11) is 1.58. The van der Waals surface area contributed by atoms with Crippen LogP contribution in [0.3, 0.4) is 0 Å². The number of nitrogens with zero attached hydrogens (tertiary/aromatic N) is 2. The summed E-state index contributed by atoms with van der Waals surface area (Å²) >= 11 is 0. The summed E-state index contributed by atoms with van der Waals surface area (Å²) in [4.78, 5) is 43.3. The molecule has 0 fully saturated rings.